The number of likely N-dealkylation sites (tertiary alicyclic amines) is 2. The first-order valence-electron chi connectivity index (χ1n) is 40.7. The zero-order chi connectivity index (χ0) is 74.3. The first kappa shape index (κ1) is 70.7. The Hall–Kier alpha value is -6.35. The number of amides is 1. The lowest BCUT2D eigenvalue weighted by Gasteiger charge is -2.64. The number of aromatic hydroxyl groups is 3. The maximum absolute atomic E-state index is 13.3. The van der Waals surface area contributed by atoms with Gasteiger partial charge in [0.25, 0.3) is 0 Å². The average Bonchev–Trinajstić information content (AvgIpc) is 1.47. The monoisotopic (exact) mass is 1500 g/mol. The standard InChI is InChI=1S/C26H31NO6.C21H27NO4.C16H19NO4.C16H17NO4.C5H7ClO/c28-17-9-10-26(31)19-13-16-7-8-18(32-24(30)15-5-2-6-15)21-20(16)25(26,22(17)33-21)11-12-27(19)23(29)14-3-1-4-14;23-14-5-4-13-10-16-21(25)7-6-15(24)19-20(21,17(13)18(14)26-19)8-9-22(16)11-12-2-1-3-12;2*18-9-2-1-8-7-11-16(20)4-3-10(19)14-15(16,5-6-17-11)12(8)13(9)21-14;6-5(7)4-2-1-3-4/h7-8,14-15,17,19,22,28,31H,1-6,9-13H2;4-5,12,15-16,19,23-25H,1-3,6-11H2;1-2,10-11,14,17-20H,3-7H2;1-2,11,14,17-18,20H,3-7H2;4H,1-3H2/t17-,19+,22-,25-,26+;15-,16+,19-,20-,21+;10-,11+,14-,15-,16+;11-,14+,15+,16-;/m0001./s1. The number of phenolic OH excluding ortho intramolecular Hbond substituents is 3. The number of ether oxygens (including phenoxy) is 5. The number of piperidine rings is 4. The molecule has 4 saturated heterocycles. The molecule has 20 aliphatic rings. The molecule has 8 saturated carbocycles. The zero-order valence-electron chi connectivity index (χ0n) is 61.0. The van der Waals surface area contributed by atoms with Crippen molar-refractivity contribution in [2.45, 2.75) is 291 Å². The van der Waals surface area contributed by atoms with Gasteiger partial charge in [-0.25, -0.2) is 0 Å². The summed E-state index contributed by atoms with van der Waals surface area (Å²) in [5.74, 6) is 3.66. The third-order valence-electron chi connectivity index (χ3n) is 31.8. The van der Waals surface area contributed by atoms with Crippen molar-refractivity contribution >= 4 is 34.5 Å². The number of aliphatic hydroxyl groups is 7. The van der Waals surface area contributed by atoms with Crippen LogP contribution in [0.3, 0.4) is 0 Å². The highest BCUT2D eigenvalue weighted by Crippen LogP contribution is 2.70. The summed E-state index contributed by atoms with van der Waals surface area (Å²) >= 11 is 5.14. The molecule has 1 amide bonds. The number of hydrogen-bond acceptors (Lipinski definition) is 22. The van der Waals surface area contributed by atoms with E-state index >= 15 is 0 Å². The molecule has 8 bridgehead atoms. The molecule has 578 valence electrons. The SMILES string of the molecule is O=C(Cl)C1CCC1.O=C(Oc1ccc2c3c1O[C@H]1[C@@H](O)CC[C@@]4(O)[C@@H](C2)N(C(=O)C2CCC2)CC[C@]314)C1CCC1.O=C1CC[C@@]2(O)[C@H]3Cc4ccc(O)c5c4[C@@]2(CCN3)[C@H]1O5.Oc1ccc2c3c1O[C@H]1[C@@H](O)CC[C@@]4(O)[C@@H](C2)N(CC2CCC2)CC[C@]314.Oc1ccc2c3c1O[C@H]1[C@@H](O)CC[C@@]4(O)[C@@H](C2)NCC[C@]314. The Bertz CT molecular complexity index is 4430. The number of Topliss-reactive ketones (excluding diaryl/α,β-unsaturated/α-hetero) is 1. The number of benzene rings is 4. The van der Waals surface area contributed by atoms with E-state index < -0.39 is 86.8 Å². The van der Waals surface area contributed by atoms with Crippen LogP contribution in [0.25, 0.3) is 0 Å². The van der Waals surface area contributed by atoms with Crippen molar-refractivity contribution in [3.8, 4) is 46.0 Å². The Kier molecular flexibility index (Phi) is 16.3. The summed E-state index contributed by atoms with van der Waals surface area (Å²) in [5, 5.41) is 117. The summed E-state index contributed by atoms with van der Waals surface area (Å²) in [6, 6.07) is 14.3. The fourth-order valence-electron chi connectivity index (χ4n) is 25.7. The number of nitrogens with zero attached hydrogens (tertiary/aromatic N) is 2. The quantitative estimate of drug-likeness (QED) is 0.0590. The van der Waals surface area contributed by atoms with Crippen LogP contribution < -0.4 is 34.3 Å². The Morgan fingerprint density at radius 1 is 0.481 bits per heavy atom. The van der Waals surface area contributed by atoms with Gasteiger partial charge in [-0.1, -0.05) is 49.9 Å². The van der Waals surface area contributed by atoms with Gasteiger partial charge >= 0.3 is 5.97 Å². The molecular weight excluding hydrogens is 1400 g/mol. The van der Waals surface area contributed by atoms with Crippen LogP contribution >= 0.6 is 11.6 Å². The van der Waals surface area contributed by atoms with E-state index in [1.54, 1.807) is 24.3 Å². The average molecular weight is 1510 g/mol. The van der Waals surface area contributed by atoms with Crippen LogP contribution in [0.4, 0.5) is 0 Å². The van der Waals surface area contributed by atoms with Gasteiger partial charge in [0, 0.05) is 71.7 Å². The molecular formula is C84H101ClN4O19. The molecule has 0 unspecified atom stereocenters. The maximum atomic E-state index is 13.3. The summed E-state index contributed by atoms with van der Waals surface area (Å²) < 4.78 is 30.3. The lowest BCUT2D eigenvalue weighted by Crippen LogP contribution is -2.77. The van der Waals surface area contributed by atoms with Crippen LogP contribution in [0, 0.1) is 23.7 Å². The molecule has 4 aromatic carbocycles. The molecule has 24 rings (SSSR count). The van der Waals surface area contributed by atoms with Crippen molar-refractivity contribution in [1.82, 2.24) is 20.4 Å². The van der Waals surface area contributed by atoms with Crippen LogP contribution in [-0.4, -0.2) is 206 Å². The van der Waals surface area contributed by atoms with Gasteiger partial charge in [0.2, 0.25) is 11.1 Å². The highest BCUT2D eigenvalue weighted by Gasteiger charge is 2.77. The van der Waals surface area contributed by atoms with E-state index in [-0.39, 0.29) is 82.1 Å². The molecule has 4 aromatic rings. The highest BCUT2D eigenvalue weighted by molar-refractivity contribution is 6.64. The summed E-state index contributed by atoms with van der Waals surface area (Å²) in [4.78, 5) is 53.0. The number of hydrogen-bond donors (Lipinski definition) is 12. The molecule has 0 aromatic heterocycles. The van der Waals surface area contributed by atoms with Crippen molar-refractivity contribution in [2.75, 3.05) is 32.7 Å². The molecule has 12 N–H and O–H groups in total. The zero-order valence-corrected chi connectivity index (χ0v) is 61.8. The number of phenols is 3. The molecule has 0 radical (unpaired) electrons. The van der Waals surface area contributed by atoms with Gasteiger partial charge in [0.05, 0.1) is 74.3 Å². The lowest BCUT2D eigenvalue weighted by atomic mass is 9.48. The van der Waals surface area contributed by atoms with Gasteiger partial charge in [-0.3, -0.25) is 24.1 Å². The van der Waals surface area contributed by atoms with E-state index in [1.165, 1.54) is 31.2 Å². The van der Waals surface area contributed by atoms with E-state index in [0.29, 0.717) is 112 Å². The Labute approximate surface area is 631 Å². The van der Waals surface area contributed by atoms with Gasteiger partial charge in [-0.2, -0.15) is 0 Å². The Morgan fingerprint density at radius 3 is 1.44 bits per heavy atom. The molecule has 23 nitrogen and oxygen atoms in total. The smallest absolute Gasteiger partial charge is 0.314 e. The van der Waals surface area contributed by atoms with E-state index in [9.17, 15) is 70.2 Å². The van der Waals surface area contributed by atoms with Crippen LogP contribution in [0.2, 0.25) is 0 Å². The van der Waals surface area contributed by atoms with Crippen LogP contribution in [0.5, 0.6) is 46.0 Å². The molecule has 108 heavy (non-hydrogen) atoms. The fraction of sp³-hybridized carbons (Fsp3) is 0.667. The van der Waals surface area contributed by atoms with Crippen molar-refractivity contribution in [2.24, 2.45) is 23.7 Å². The van der Waals surface area contributed by atoms with E-state index in [4.69, 9.17) is 35.3 Å². The van der Waals surface area contributed by atoms with E-state index in [0.717, 1.165) is 148 Å². The number of esters is 1. The van der Waals surface area contributed by atoms with E-state index in [2.05, 4.69) is 15.5 Å². The largest absolute Gasteiger partial charge is 0.504 e. The minimum atomic E-state index is -1.16. The minimum absolute atomic E-state index is 0.00663. The third kappa shape index (κ3) is 9.26. The van der Waals surface area contributed by atoms with Crippen molar-refractivity contribution in [3.05, 3.63) is 93.0 Å². The third-order valence-corrected chi connectivity index (χ3v) is 32.1. The summed E-state index contributed by atoms with van der Waals surface area (Å²) in [6.07, 6.45) is 18.3. The number of ketones is 1. The fourth-order valence-corrected chi connectivity index (χ4v) is 25.9. The van der Waals surface area contributed by atoms with Gasteiger partial charge in [0.15, 0.2) is 57.9 Å². The summed E-state index contributed by atoms with van der Waals surface area (Å²) in [7, 11) is 0. The topological polar surface area (TPSA) is 347 Å². The number of carbonyl (C=O) groups excluding carboxylic acids is 4. The molecule has 8 aliphatic heterocycles. The summed E-state index contributed by atoms with van der Waals surface area (Å²) in [6.45, 7) is 4.13. The lowest BCUT2D eigenvalue weighted by molar-refractivity contribution is -0.211. The van der Waals surface area contributed by atoms with Gasteiger partial charge in [-0.15, -0.1) is 0 Å². The van der Waals surface area contributed by atoms with Gasteiger partial charge in [0.1, 0.15) is 18.3 Å². The van der Waals surface area contributed by atoms with Gasteiger partial charge in [-0.05, 0) is 231 Å². The van der Waals surface area contributed by atoms with Crippen LogP contribution in [0.1, 0.15) is 199 Å². The summed E-state index contributed by atoms with van der Waals surface area (Å²) in [5.41, 5.74) is 1.63. The first-order chi connectivity index (χ1) is 51.9. The normalized spacial score (nSPS) is 40.8. The molecule has 8 heterocycles. The van der Waals surface area contributed by atoms with Crippen molar-refractivity contribution < 1.29 is 93.9 Å². The molecule has 12 fully saturated rings. The maximum Gasteiger partial charge on any atom is 0.314 e. The minimum Gasteiger partial charge on any atom is -0.504 e. The number of rotatable bonds is 6. The van der Waals surface area contributed by atoms with Crippen LogP contribution in [-0.2, 0) is 66.5 Å². The van der Waals surface area contributed by atoms with Crippen molar-refractivity contribution in [3.63, 3.8) is 0 Å². The second kappa shape index (κ2) is 24.8. The molecule has 19 atom stereocenters. The highest BCUT2D eigenvalue weighted by atomic mass is 35.5. The number of halogens is 1. The molecule has 12 aliphatic carbocycles. The number of carbonyl (C=O) groups is 4. The molecule has 24 heteroatoms. The Balaban J connectivity index is 0.0000000933. The molecule has 4 spiro atoms. The van der Waals surface area contributed by atoms with E-state index in [1.807, 2.05) is 29.2 Å². The number of aliphatic hydroxyl groups excluding tert-OH is 3. The predicted octanol–water partition coefficient (Wildman–Crippen LogP) is 6.09. The second-order valence-electron chi connectivity index (χ2n) is 36.0. The van der Waals surface area contributed by atoms with Crippen LogP contribution in [0.15, 0.2) is 48.5 Å². The first-order valence-corrected chi connectivity index (χ1v) is 41.1. The van der Waals surface area contributed by atoms with Gasteiger partial charge < -0.3 is 90.3 Å². The number of nitrogens with one attached hydrogen (secondary N) is 2. The predicted molar refractivity (Wildman–Crippen MR) is 388 cm³/mol. The second-order valence-corrected chi connectivity index (χ2v) is 36.4. The van der Waals surface area contributed by atoms with Crippen molar-refractivity contribution in [1.29, 1.82) is 0 Å². The Morgan fingerprint density at radius 2 is 0.926 bits per heavy atom.